The van der Waals surface area contributed by atoms with Crippen LogP contribution in [0.15, 0.2) is 18.2 Å². The molecule has 0 unspecified atom stereocenters. The molecule has 1 aromatic rings. The highest BCUT2D eigenvalue weighted by atomic mass is 35.5. The van der Waals surface area contributed by atoms with Gasteiger partial charge < -0.3 is 10.1 Å². The van der Waals surface area contributed by atoms with Gasteiger partial charge in [0.15, 0.2) is 0 Å². The fraction of sp³-hybridized carbons (Fsp3) is 0.625. The summed E-state index contributed by atoms with van der Waals surface area (Å²) in [5, 5.41) is 4.34. The molecule has 1 aliphatic carbocycles. The molecule has 0 amide bonds. The van der Waals surface area contributed by atoms with E-state index < -0.39 is 0 Å². The summed E-state index contributed by atoms with van der Waals surface area (Å²) in [6.45, 7) is 4.66. The molecule has 2 nitrogen and oxygen atoms in total. The van der Waals surface area contributed by atoms with Gasteiger partial charge in [-0.2, -0.15) is 0 Å². The average molecular weight is 282 g/mol. The van der Waals surface area contributed by atoms with E-state index in [1.165, 1.54) is 25.7 Å². The van der Waals surface area contributed by atoms with E-state index in [0.29, 0.717) is 6.04 Å². The topological polar surface area (TPSA) is 21.3 Å². The molecule has 3 heteroatoms. The first-order chi connectivity index (χ1) is 9.10. The minimum atomic E-state index is 0.544. The Kier molecular flexibility index (Phi) is 4.98. The summed E-state index contributed by atoms with van der Waals surface area (Å²) in [4.78, 5) is 0. The molecule has 106 valence electrons. The highest BCUT2D eigenvalue weighted by Crippen LogP contribution is 2.34. The van der Waals surface area contributed by atoms with Gasteiger partial charge in [-0.1, -0.05) is 25.4 Å². The second-order valence-electron chi connectivity index (χ2n) is 5.84. The summed E-state index contributed by atoms with van der Waals surface area (Å²) in [7, 11) is 1.70. The summed E-state index contributed by atoms with van der Waals surface area (Å²) >= 11 is 6.06. The molecule has 1 saturated carbocycles. The van der Waals surface area contributed by atoms with Crippen LogP contribution in [0.25, 0.3) is 0 Å². The Hall–Kier alpha value is -0.890. The zero-order chi connectivity index (χ0) is 13.8. The lowest BCUT2D eigenvalue weighted by atomic mass is 9.79. The van der Waals surface area contributed by atoms with Crippen LogP contribution in [0.1, 0.15) is 39.5 Å². The predicted molar refractivity (Wildman–Crippen MR) is 82.2 cm³/mol. The molecule has 1 aliphatic rings. The molecule has 0 radical (unpaired) electrons. The van der Waals surface area contributed by atoms with Crippen molar-refractivity contribution in [3.05, 3.63) is 23.2 Å². The molecule has 1 fully saturated rings. The van der Waals surface area contributed by atoms with Gasteiger partial charge >= 0.3 is 0 Å². The van der Waals surface area contributed by atoms with E-state index in [1.54, 1.807) is 7.11 Å². The monoisotopic (exact) mass is 281 g/mol. The van der Waals surface area contributed by atoms with E-state index in [-0.39, 0.29) is 0 Å². The zero-order valence-corrected chi connectivity index (χ0v) is 12.8. The lowest BCUT2D eigenvalue weighted by Crippen LogP contribution is -2.28. The number of ether oxygens (including phenoxy) is 1. The van der Waals surface area contributed by atoms with Crippen molar-refractivity contribution < 1.29 is 4.74 Å². The van der Waals surface area contributed by atoms with Gasteiger partial charge in [0.25, 0.3) is 0 Å². The summed E-state index contributed by atoms with van der Waals surface area (Å²) < 4.78 is 5.38. The summed E-state index contributed by atoms with van der Waals surface area (Å²) in [6, 6.07) is 6.28. The van der Waals surface area contributed by atoms with Crippen molar-refractivity contribution in [1.29, 1.82) is 0 Å². The number of nitrogens with one attached hydrogen (secondary N) is 1. The summed E-state index contributed by atoms with van der Waals surface area (Å²) in [5.74, 6) is 2.57. The second-order valence-corrected chi connectivity index (χ2v) is 6.28. The molecule has 2 rings (SSSR count). The molecule has 0 aliphatic heterocycles. The molecule has 0 aromatic heterocycles. The Morgan fingerprint density at radius 2 is 1.89 bits per heavy atom. The fourth-order valence-electron chi connectivity index (χ4n) is 2.94. The molecule has 0 spiro atoms. The highest BCUT2D eigenvalue weighted by molar-refractivity contribution is 6.30. The van der Waals surface area contributed by atoms with Crippen molar-refractivity contribution in [3.8, 4) is 5.75 Å². The number of hydrogen-bond donors (Lipinski definition) is 1. The normalized spacial score (nSPS) is 23.4. The minimum absolute atomic E-state index is 0.544. The molecule has 0 heterocycles. The molecular weight excluding hydrogens is 258 g/mol. The number of halogens is 1. The third-order valence-corrected chi connectivity index (χ3v) is 4.47. The van der Waals surface area contributed by atoms with Crippen molar-refractivity contribution in [2.24, 2.45) is 11.8 Å². The molecule has 1 aromatic carbocycles. The van der Waals surface area contributed by atoms with Crippen LogP contribution in [0.3, 0.4) is 0 Å². The van der Waals surface area contributed by atoms with Crippen molar-refractivity contribution in [3.63, 3.8) is 0 Å². The van der Waals surface area contributed by atoms with Crippen LogP contribution in [0.2, 0.25) is 5.02 Å². The van der Waals surface area contributed by atoms with E-state index in [9.17, 15) is 0 Å². The maximum Gasteiger partial charge on any atom is 0.142 e. The van der Waals surface area contributed by atoms with E-state index in [0.717, 1.165) is 28.3 Å². The average Bonchev–Trinajstić information content (AvgIpc) is 2.39. The van der Waals surface area contributed by atoms with Gasteiger partial charge in [-0.05, 0) is 55.7 Å². The largest absolute Gasteiger partial charge is 0.495 e. The van der Waals surface area contributed by atoms with Crippen LogP contribution in [-0.4, -0.2) is 13.2 Å². The van der Waals surface area contributed by atoms with Gasteiger partial charge in [0.2, 0.25) is 0 Å². The van der Waals surface area contributed by atoms with E-state index in [2.05, 4.69) is 19.2 Å². The number of hydrogen-bond acceptors (Lipinski definition) is 2. The van der Waals surface area contributed by atoms with Gasteiger partial charge in [-0.15, -0.1) is 0 Å². The van der Waals surface area contributed by atoms with Gasteiger partial charge in [-0.3, -0.25) is 0 Å². The molecule has 0 atom stereocenters. The summed E-state index contributed by atoms with van der Waals surface area (Å²) in [6.07, 6.45) is 5.10. The number of benzene rings is 1. The highest BCUT2D eigenvalue weighted by Gasteiger charge is 2.23. The maximum atomic E-state index is 6.06. The van der Waals surface area contributed by atoms with E-state index >= 15 is 0 Å². The number of methoxy groups -OCH3 is 1. The van der Waals surface area contributed by atoms with Crippen LogP contribution >= 0.6 is 11.6 Å². The van der Waals surface area contributed by atoms with Gasteiger partial charge in [-0.25, -0.2) is 0 Å². The second kappa shape index (κ2) is 6.51. The van der Waals surface area contributed by atoms with Crippen molar-refractivity contribution in [2.45, 2.75) is 45.6 Å². The van der Waals surface area contributed by atoms with Gasteiger partial charge in [0, 0.05) is 11.1 Å². The quantitative estimate of drug-likeness (QED) is 0.841. The Morgan fingerprint density at radius 1 is 1.21 bits per heavy atom. The van der Waals surface area contributed by atoms with Crippen LogP contribution in [-0.2, 0) is 0 Å². The van der Waals surface area contributed by atoms with Crippen LogP contribution < -0.4 is 10.1 Å². The molecular formula is C16H24ClNO. The lowest BCUT2D eigenvalue weighted by Gasteiger charge is -2.32. The van der Waals surface area contributed by atoms with Gasteiger partial charge in [0.05, 0.1) is 12.8 Å². The van der Waals surface area contributed by atoms with Crippen LogP contribution in [0.5, 0.6) is 5.75 Å². The number of anilines is 1. The SMILES string of the molecule is COc1ccc(Cl)cc1NC1CCC(C(C)C)CC1. The number of rotatable bonds is 4. The maximum absolute atomic E-state index is 6.06. The third-order valence-electron chi connectivity index (χ3n) is 4.24. The standard InChI is InChI=1S/C16H24ClNO/c1-11(2)12-4-7-14(8-5-12)18-15-10-13(17)6-9-16(15)19-3/h6,9-12,14,18H,4-5,7-8H2,1-3H3. The van der Waals surface area contributed by atoms with Crippen molar-refractivity contribution in [2.75, 3.05) is 12.4 Å². The zero-order valence-electron chi connectivity index (χ0n) is 12.1. The van der Waals surface area contributed by atoms with Crippen molar-refractivity contribution >= 4 is 17.3 Å². The minimum Gasteiger partial charge on any atom is -0.495 e. The summed E-state index contributed by atoms with van der Waals surface area (Å²) in [5.41, 5.74) is 1.02. The van der Waals surface area contributed by atoms with Crippen LogP contribution in [0, 0.1) is 11.8 Å². The fourth-order valence-corrected chi connectivity index (χ4v) is 3.12. The molecule has 19 heavy (non-hydrogen) atoms. The first-order valence-electron chi connectivity index (χ1n) is 7.20. The van der Waals surface area contributed by atoms with Crippen LogP contribution in [0.4, 0.5) is 5.69 Å². The van der Waals surface area contributed by atoms with E-state index in [1.807, 2.05) is 18.2 Å². The predicted octanol–water partition coefficient (Wildman–Crippen LogP) is 4.98. The van der Waals surface area contributed by atoms with Crippen molar-refractivity contribution in [1.82, 2.24) is 0 Å². The molecule has 0 bridgehead atoms. The Morgan fingerprint density at radius 3 is 2.47 bits per heavy atom. The first kappa shape index (κ1) is 14.5. The molecule has 1 N–H and O–H groups in total. The smallest absolute Gasteiger partial charge is 0.142 e. The van der Waals surface area contributed by atoms with E-state index in [4.69, 9.17) is 16.3 Å². The first-order valence-corrected chi connectivity index (χ1v) is 7.58. The molecule has 0 saturated heterocycles. The third kappa shape index (κ3) is 3.79. The Balaban J connectivity index is 1.97. The lowest BCUT2D eigenvalue weighted by molar-refractivity contribution is 0.266. The Bertz CT molecular complexity index is 411. The van der Waals surface area contributed by atoms with Gasteiger partial charge in [0.1, 0.15) is 5.75 Å². The Labute approximate surface area is 121 Å².